The molecule has 0 fully saturated rings. The number of hydrogen-bond donors (Lipinski definition) is 0. The van der Waals surface area contributed by atoms with Crippen molar-refractivity contribution in [3.8, 4) is 17.1 Å². The van der Waals surface area contributed by atoms with Gasteiger partial charge in [-0.1, -0.05) is 24.3 Å². The zero-order chi connectivity index (χ0) is 12.4. The van der Waals surface area contributed by atoms with Crippen molar-refractivity contribution in [2.75, 3.05) is 0 Å². The molecule has 0 unspecified atom stereocenters. The van der Waals surface area contributed by atoms with Crippen LogP contribution in [0.25, 0.3) is 17.1 Å². The molecule has 0 amide bonds. The predicted octanol–water partition coefficient (Wildman–Crippen LogP) is 2.03. The molecule has 0 bridgehead atoms. The first-order valence-electron chi connectivity index (χ1n) is 5.58. The lowest BCUT2D eigenvalue weighted by molar-refractivity contribution is 0.839. The molecule has 0 aliphatic carbocycles. The molecule has 0 aliphatic rings. The van der Waals surface area contributed by atoms with Gasteiger partial charge >= 0.3 is 0 Å². The second kappa shape index (κ2) is 4.37. The fourth-order valence-corrected chi connectivity index (χ4v) is 1.84. The molecule has 18 heavy (non-hydrogen) atoms. The predicted molar refractivity (Wildman–Crippen MR) is 67.1 cm³/mol. The molecule has 2 heterocycles. The smallest absolute Gasteiger partial charge is 0.181 e. The van der Waals surface area contributed by atoms with Gasteiger partial charge in [0, 0.05) is 18.0 Å². The molecule has 0 atom stereocenters. The Labute approximate surface area is 104 Å². The van der Waals surface area contributed by atoms with Crippen LogP contribution in [-0.4, -0.2) is 24.7 Å². The second-order valence-electron chi connectivity index (χ2n) is 3.88. The topological polar surface area (TPSA) is 56.5 Å². The Kier molecular flexibility index (Phi) is 2.57. The molecule has 0 spiro atoms. The Morgan fingerprint density at radius 1 is 1.06 bits per heavy atom. The van der Waals surface area contributed by atoms with Crippen LogP contribution in [0.3, 0.4) is 0 Å². The number of rotatable bonds is 2. The van der Waals surface area contributed by atoms with E-state index in [9.17, 15) is 0 Å². The molecule has 3 aromatic rings. The summed E-state index contributed by atoms with van der Waals surface area (Å²) in [7, 11) is 0. The van der Waals surface area contributed by atoms with E-state index in [1.165, 1.54) is 6.33 Å². The lowest BCUT2D eigenvalue weighted by Crippen LogP contribution is -2.03. The van der Waals surface area contributed by atoms with Gasteiger partial charge in [0.2, 0.25) is 0 Å². The molecule has 0 aliphatic heterocycles. The van der Waals surface area contributed by atoms with Crippen molar-refractivity contribution >= 4 is 0 Å². The minimum absolute atomic E-state index is 0.685. The van der Waals surface area contributed by atoms with Gasteiger partial charge in [0.1, 0.15) is 18.3 Å². The minimum atomic E-state index is 0.685. The Morgan fingerprint density at radius 2 is 1.89 bits per heavy atom. The van der Waals surface area contributed by atoms with Crippen LogP contribution in [0.1, 0.15) is 5.56 Å². The molecule has 3 rings (SSSR count). The molecule has 2 aromatic heterocycles. The zero-order valence-electron chi connectivity index (χ0n) is 9.85. The van der Waals surface area contributed by atoms with Gasteiger partial charge in [-0.05, 0) is 12.5 Å². The van der Waals surface area contributed by atoms with Crippen molar-refractivity contribution in [1.82, 2.24) is 24.7 Å². The number of benzene rings is 1. The number of hydrogen-bond acceptors (Lipinski definition) is 4. The van der Waals surface area contributed by atoms with Crippen LogP contribution in [0.15, 0.2) is 49.3 Å². The standard InChI is InChI=1S/C13H11N5/c1-10-4-2-3-5-11(10)12-13(16-7-6-15-12)18-9-14-8-17-18/h2-9H,1H3. The quantitative estimate of drug-likeness (QED) is 0.684. The fraction of sp³-hybridized carbons (Fsp3) is 0.0769. The van der Waals surface area contributed by atoms with Gasteiger partial charge in [-0.15, -0.1) is 0 Å². The summed E-state index contributed by atoms with van der Waals surface area (Å²) in [5.41, 5.74) is 3.01. The van der Waals surface area contributed by atoms with Crippen molar-refractivity contribution in [2.45, 2.75) is 6.92 Å². The summed E-state index contributed by atoms with van der Waals surface area (Å²) in [5.74, 6) is 0.685. The number of aromatic nitrogens is 5. The number of aryl methyl sites for hydroxylation is 1. The third kappa shape index (κ3) is 1.75. The van der Waals surface area contributed by atoms with Crippen molar-refractivity contribution in [3.63, 3.8) is 0 Å². The van der Waals surface area contributed by atoms with Gasteiger partial charge in [0.25, 0.3) is 0 Å². The van der Waals surface area contributed by atoms with Crippen LogP contribution in [0.5, 0.6) is 0 Å². The van der Waals surface area contributed by atoms with Crippen molar-refractivity contribution in [2.24, 2.45) is 0 Å². The first-order chi connectivity index (χ1) is 8.86. The van der Waals surface area contributed by atoms with E-state index in [2.05, 4.69) is 33.0 Å². The van der Waals surface area contributed by atoms with Crippen LogP contribution in [0.2, 0.25) is 0 Å². The maximum absolute atomic E-state index is 4.41. The highest BCUT2D eigenvalue weighted by molar-refractivity contribution is 5.69. The van der Waals surface area contributed by atoms with Crippen LogP contribution in [0, 0.1) is 6.92 Å². The molecular weight excluding hydrogens is 226 g/mol. The van der Waals surface area contributed by atoms with Gasteiger partial charge in [-0.3, -0.25) is 4.98 Å². The zero-order valence-corrected chi connectivity index (χ0v) is 9.85. The van der Waals surface area contributed by atoms with E-state index in [1.54, 1.807) is 23.4 Å². The fourth-order valence-electron chi connectivity index (χ4n) is 1.84. The molecule has 0 saturated carbocycles. The average molecular weight is 237 g/mol. The lowest BCUT2D eigenvalue weighted by atomic mass is 10.1. The molecule has 88 valence electrons. The first-order valence-corrected chi connectivity index (χ1v) is 5.58. The molecule has 1 aromatic carbocycles. The molecule has 0 saturated heterocycles. The van der Waals surface area contributed by atoms with E-state index < -0.39 is 0 Å². The maximum Gasteiger partial charge on any atom is 0.181 e. The van der Waals surface area contributed by atoms with Crippen LogP contribution in [-0.2, 0) is 0 Å². The lowest BCUT2D eigenvalue weighted by Gasteiger charge is -2.08. The van der Waals surface area contributed by atoms with E-state index in [0.717, 1.165) is 16.8 Å². The van der Waals surface area contributed by atoms with E-state index in [1.807, 2.05) is 18.2 Å². The summed E-state index contributed by atoms with van der Waals surface area (Å²) in [6.45, 7) is 2.05. The highest BCUT2D eigenvalue weighted by atomic mass is 15.3. The SMILES string of the molecule is Cc1ccccc1-c1nccnc1-n1cncn1. The summed E-state index contributed by atoms with van der Waals surface area (Å²) in [6.07, 6.45) is 6.43. The Hall–Kier alpha value is -2.56. The third-order valence-electron chi connectivity index (χ3n) is 2.71. The average Bonchev–Trinajstić information content (AvgIpc) is 2.93. The minimum Gasteiger partial charge on any atom is -0.251 e. The highest BCUT2D eigenvalue weighted by Crippen LogP contribution is 2.24. The van der Waals surface area contributed by atoms with Crippen LogP contribution >= 0.6 is 0 Å². The Balaban J connectivity index is 2.22. The van der Waals surface area contributed by atoms with E-state index in [-0.39, 0.29) is 0 Å². The van der Waals surface area contributed by atoms with Crippen LogP contribution < -0.4 is 0 Å². The summed E-state index contributed by atoms with van der Waals surface area (Å²) >= 11 is 0. The molecule has 5 nitrogen and oxygen atoms in total. The molecule has 0 radical (unpaired) electrons. The van der Waals surface area contributed by atoms with Gasteiger partial charge in [0.05, 0.1) is 0 Å². The summed E-state index contributed by atoms with van der Waals surface area (Å²) in [4.78, 5) is 12.7. The first kappa shape index (κ1) is 10.6. The van der Waals surface area contributed by atoms with Crippen molar-refractivity contribution in [1.29, 1.82) is 0 Å². The monoisotopic (exact) mass is 237 g/mol. The van der Waals surface area contributed by atoms with Crippen molar-refractivity contribution in [3.05, 3.63) is 54.9 Å². The summed E-state index contributed by atoms with van der Waals surface area (Å²) in [5, 5.41) is 4.11. The van der Waals surface area contributed by atoms with E-state index in [4.69, 9.17) is 0 Å². The summed E-state index contributed by atoms with van der Waals surface area (Å²) in [6, 6.07) is 8.07. The van der Waals surface area contributed by atoms with Gasteiger partial charge in [-0.2, -0.15) is 5.10 Å². The normalized spacial score (nSPS) is 10.5. The van der Waals surface area contributed by atoms with E-state index >= 15 is 0 Å². The van der Waals surface area contributed by atoms with Crippen molar-refractivity contribution < 1.29 is 0 Å². The number of nitrogens with zero attached hydrogens (tertiary/aromatic N) is 5. The highest BCUT2D eigenvalue weighted by Gasteiger charge is 2.11. The Bertz CT molecular complexity index is 661. The van der Waals surface area contributed by atoms with E-state index in [0.29, 0.717) is 5.82 Å². The molecular formula is C13H11N5. The largest absolute Gasteiger partial charge is 0.251 e. The summed E-state index contributed by atoms with van der Waals surface area (Å²) < 4.78 is 1.62. The molecule has 5 heteroatoms. The maximum atomic E-state index is 4.41. The second-order valence-corrected chi connectivity index (χ2v) is 3.88. The Morgan fingerprint density at radius 3 is 2.67 bits per heavy atom. The van der Waals surface area contributed by atoms with Gasteiger partial charge in [0.15, 0.2) is 5.82 Å². The van der Waals surface area contributed by atoms with Gasteiger partial charge in [-0.25, -0.2) is 14.6 Å². The van der Waals surface area contributed by atoms with Crippen LogP contribution in [0.4, 0.5) is 0 Å². The molecule has 0 N–H and O–H groups in total. The third-order valence-corrected chi connectivity index (χ3v) is 2.71. The van der Waals surface area contributed by atoms with Gasteiger partial charge < -0.3 is 0 Å².